The van der Waals surface area contributed by atoms with Crippen molar-refractivity contribution in [2.75, 3.05) is 11.9 Å². The van der Waals surface area contributed by atoms with Crippen LogP contribution >= 0.6 is 22.9 Å². The Balaban J connectivity index is 1.38. The summed E-state index contributed by atoms with van der Waals surface area (Å²) in [5.74, 6) is -0.523. The van der Waals surface area contributed by atoms with Crippen LogP contribution in [0.25, 0.3) is 0 Å². The van der Waals surface area contributed by atoms with Crippen molar-refractivity contribution in [3.05, 3.63) is 75.8 Å². The van der Waals surface area contributed by atoms with Crippen LogP contribution < -0.4 is 20.9 Å². The number of amides is 1. The Bertz CT molecular complexity index is 1270. The summed E-state index contributed by atoms with van der Waals surface area (Å²) in [6.07, 6.45) is -3.69. The summed E-state index contributed by atoms with van der Waals surface area (Å²) in [6, 6.07) is 13.7. The van der Waals surface area contributed by atoms with E-state index in [1.807, 2.05) is 30.3 Å². The molecule has 2 heterocycles. The van der Waals surface area contributed by atoms with Gasteiger partial charge in [-0.2, -0.15) is 13.2 Å². The van der Waals surface area contributed by atoms with E-state index in [9.17, 15) is 26.4 Å². The highest BCUT2D eigenvalue weighted by atomic mass is 35.5. The third-order valence-corrected chi connectivity index (χ3v) is 7.85. The third kappa shape index (κ3) is 8.45. The summed E-state index contributed by atoms with van der Waals surface area (Å²) < 4.78 is 62.9. The maximum Gasteiger partial charge on any atom is 0.417 e. The van der Waals surface area contributed by atoms with Crippen LogP contribution in [0.5, 0.6) is 0 Å². The number of anilines is 1. The zero-order valence-electron chi connectivity index (χ0n) is 18.7. The van der Waals surface area contributed by atoms with Gasteiger partial charge in [-0.05, 0) is 30.2 Å². The van der Waals surface area contributed by atoms with Gasteiger partial charge in [0.25, 0.3) is 10.0 Å². The van der Waals surface area contributed by atoms with Crippen LogP contribution in [-0.2, 0) is 34.1 Å². The van der Waals surface area contributed by atoms with Gasteiger partial charge in [-0.25, -0.2) is 13.4 Å². The number of halogens is 4. The lowest BCUT2D eigenvalue weighted by atomic mass is 10.2. The first-order valence-corrected chi connectivity index (χ1v) is 13.3. The molecule has 3 rings (SSSR count). The van der Waals surface area contributed by atoms with Gasteiger partial charge in [0.05, 0.1) is 10.6 Å². The Morgan fingerprint density at radius 1 is 1.08 bits per heavy atom. The van der Waals surface area contributed by atoms with Crippen molar-refractivity contribution < 1.29 is 26.4 Å². The number of aromatic nitrogens is 1. The third-order valence-electron chi connectivity index (χ3n) is 4.74. The first kappa shape index (κ1) is 27.9. The van der Waals surface area contributed by atoms with E-state index in [1.54, 1.807) is 6.07 Å². The van der Waals surface area contributed by atoms with Gasteiger partial charge in [0, 0.05) is 37.1 Å². The molecule has 0 aliphatic carbocycles. The van der Waals surface area contributed by atoms with E-state index >= 15 is 0 Å². The molecule has 1 amide bonds. The number of hydrazine groups is 1. The number of benzene rings is 1. The number of nitrogens with one attached hydrogen (secondary N) is 4. The number of hydrogen-bond donors (Lipinski definition) is 4. The first-order valence-electron chi connectivity index (χ1n) is 10.7. The molecule has 36 heavy (non-hydrogen) atoms. The summed E-state index contributed by atoms with van der Waals surface area (Å²) in [5, 5.41) is 5.78. The SMILES string of the molecule is O=C(CCCNc1ncc(C(F)(F)F)cc1Cl)NNS(=O)(=O)c1ccc(CNCc2ccccc2)s1. The molecule has 2 aromatic heterocycles. The van der Waals surface area contributed by atoms with Crippen molar-refractivity contribution in [2.45, 2.75) is 36.3 Å². The number of carbonyl (C=O) groups excluding carboxylic acids is 1. The van der Waals surface area contributed by atoms with Gasteiger partial charge in [0.1, 0.15) is 10.0 Å². The molecule has 0 unspecified atom stereocenters. The van der Waals surface area contributed by atoms with E-state index in [0.29, 0.717) is 19.3 Å². The summed E-state index contributed by atoms with van der Waals surface area (Å²) in [4.78, 5) is 18.5. The molecule has 0 aliphatic rings. The average molecular weight is 562 g/mol. The second-order valence-electron chi connectivity index (χ2n) is 7.55. The Kier molecular flexibility index (Phi) is 9.68. The fraction of sp³-hybridized carbons (Fsp3) is 0.273. The summed E-state index contributed by atoms with van der Waals surface area (Å²) in [7, 11) is -3.93. The number of sulfonamides is 1. The highest BCUT2D eigenvalue weighted by Gasteiger charge is 2.31. The summed E-state index contributed by atoms with van der Waals surface area (Å²) in [5.41, 5.74) is 2.29. The van der Waals surface area contributed by atoms with E-state index in [0.717, 1.165) is 27.8 Å². The lowest BCUT2D eigenvalue weighted by Crippen LogP contribution is -2.41. The van der Waals surface area contributed by atoms with Crippen LogP contribution in [-0.4, -0.2) is 25.9 Å². The van der Waals surface area contributed by atoms with Gasteiger partial charge in [-0.15, -0.1) is 16.2 Å². The minimum absolute atomic E-state index is 0.0487. The zero-order chi connectivity index (χ0) is 26.2. The molecule has 0 spiro atoms. The van der Waals surface area contributed by atoms with E-state index in [4.69, 9.17) is 11.6 Å². The number of hydrogen-bond acceptors (Lipinski definition) is 7. The molecule has 4 N–H and O–H groups in total. The number of thiophene rings is 1. The molecular formula is C22H23ClF3N5O3S2. The van der Waals surface area contributed by atoms with Crippen molar-refractivity contribution in [3.63, 3.8) is 0 Å². The van der Waals surface area contributed by atoms with Crippen molar-refractivity contribution >= 4 is 44.7 Å². The minimum atomic E-state index is -4.55. The standard InChI is InChI=1S/C22H23ClF3N5O3S2/c23-18-11-16(22(24,25)26)13-29-21(18)28-10-4-7-19(32)30-31-36(33,34)20-9-8-17(35-20)14-27-12-15-5-2-1-3-6-15/h1-3,5-6,8-9,11,13,27,31H,4,7,10,12,14H2,(H,28,29)(H,30,32). The molecule has 3 aromatic rings. The second kappa shape index (κ2) is 12.5. The number of alkyl halides is 3. The molecule has 14 heteroatoms. The molecular weight excluding hydrogens is 539 g/mol. The van der Waals surface area contributed by atoms with Crippen LogP contribution in [0.15, 0.2) is 58.9 Å². The smallest absolute Gasteiger partial charge is 0.369 e. The van der Waals surface area contributed by atoms with E-state index in [-0.39, 0.29) is 34.4 Å². The van der Waals surface area contributed by atoms with Crippen LogP contribution in [0.3, 0.4) is 0 Å². The molecule has 0 radical (unpaired) electrons. The first-order chi connectivity index (χ1) is 17.0. The fourth-order valence-electron chi connectivity index (χ4n) is 2.94. The van der Waals surface area contributed by atoms with Crippen molar-refractivity contribution in [1.29, 1.82) is 0 Å². The van der Waals surface area contributed by atoms with Crippen molar-refractivity contribution in [2.24, 2.45) is 0 Å². The van der Waals surface area contributed by atoms with Gasteiger partial charge in [-0.3, -0.25) is 10.2 Å². The van der Waals surface area contributed by atoms with Gasteiger partial charge in [0.2, 0.25) is 5.91 Å². The topological polar surface area (TPSA) is 112 Å². The highest BCUT2D eigenvalue weighted by Crippen LogP contribution is 2.32. The molecule has 0 saturated carbocycles. The van der Waals surface area contributed by atoms with Crippen LogP contribution in [0, 0.1) is 0 Å². The molecule has 0 bridgehead atoms. The highest BCUT2D eigenvalue weighted by molar-refractivity contribution is 7.91. The predicted octanol–water partition coefficient (Wildman–Crippen LogP) is 4.31. The number of carbonyl (C=O) groups is 1. The van der Waals surface area contributed by atoms with Crippen molar-refractivity contribution in [3.8, 4) is 0 Å². The Morgan fingerprint density at radius 3 is 2.53 bits per heavy atom. The molecule has 1 aromatic carbocycles. The molecule has 0 fully saturated rings. The molecule has 8 nitrogen and oxygen atoms in total. The zero-order valence-corrected chi connectivity index (χ0v) is 21.1. The Morgan fingerprint density at radius 2 is 1.83 bits per heavy atom. The average Bonchev–Trinajstić information content (AvgIpc) is 3.31. The lowest BCUT2D eigenvalue weighted by molar-refractivity contribution is -0.137. The van der Waals surface area contributed by atoms with Crippen LogP contribution in [0.1, 0.15) is 28.8 Å². The predicted molar refractivity (Wildman–Crippen MR) is 132 cm³/mol. The Hall–Kier alpha value is -2.71. The second-order valence-corrected chi connectivity index (χ2v) is 11.0. The van der Waals surface area contributed by atoms with Gasteiger partial charge in [-0.1, -0.05) is 41.9 Å². The summed E-state index contributed by atoms with van der Waals surface area (Å²) in [6.45, 7) is 1.32. The number of pyridine rings is 1. The van der Waals surface area contributed by atoms with Crippen LogP contribution in [0.4, 0.5) is 19.0 Å². The maximum atomic E-state index is 12.7. The van der Waals surface area contributed by atoms with Gasteiger partial charge < -0.3 is 10.6 Å². The van der Waals surface area contributed by atoms with E-state index < -0.39 is 27.7 Å². The lowest BCUT2D eigenvalue weighted by Gasteiger charge is -2.11. The molecule has 0 aliphatic heterocycles. The monoisotopic (exact) mass is 561 g/mol. The number of nitrogens with zero attached hydrogens (tertiary/aromatic N) is 1. The normalized spacial score (nSPS) is 11.9. The number of rotatable bonds is 12. The minimum Gasteiger partial charge on any atom is -0.369 e. The molecule has 194 valence electrons. The molecule has 0 atom stereocenters. The quantitative estimate of drug-likeness (QED) is 0.194. The van der Waals surface area contributed by atoms with Crippen LogP contribution in [0.2, 0.25) is 5.02 Å². The van der Waals surface area contributed by atoms with E-state index in [1.165, 1.54) is 6.07 Å². The van der Waals surface area contributed by atoms with Crippen molar-refractivity contribution in [1.82, 2.24) is 20.6 Å². The molecule has 0 saturated heterocycles. The van der Waals surface area contributed by atoms with Gasteiger partial charge in [0.15, 0.2) is 0 Å². The summed E-state index contributed by atoms with van der Waals surface area (Å²) >= 11 is 6.89. The largest absolute Gasteiger partial charge is 0.417 e. The van der Waals surface area contributed by atoms with Gasteiger partial charge >= 0.3 is 6.18 Å². The maximum absolute atomic E-state index is 12.7. The Labute approximate surface area is 215 Å². The van der Waals surface area contributed by atoms with E-state index in [2.05, 4.69) is 25.9 Å². The fourth-order valence-corrected chi connectivity index (χ4v) is 5.36.